The number of hydrogen-bond acceptors (Lipinski definition) is 10. The van der Waals surface area contributed by atoms with E-state index in [0.717, 1.165) is 32.1 Å². The molecule has 252 valence electrons. The van der Waals surface area contributed by atoms with Gasteiger partial charge < -0.3 is 44.5 Å². The van der Waals surface area contributed by atoms with Crippen molar-refractivity contribution in [3.63, 3.8) is 0 Å². The Labute approximate surface area is 265 Å². The summed E-state index contributed by atoms with van der Waals surface area (Å²) in [5.74, 6) is 0.00151. The van der Waals surface area contributed by atoms with Crippen LogP contribution < -0.4 is 0 Å². The van der Waals surface area contributed by atoms with E-state index in [2.05, 4.69) is 46.8 Å². The molecule has 0 aromatic heterocycles. The Morgan fingerprint density at radius 3 is 2.44 bits per heavy atom. The summed E-state index contributed by atoms with van der Waals surface area (Å²) in [6.07, 6.45) is 2.65. The minimum atomic E-state index is -1.46. The third kappa shape index (κ3) is 4.68. The lowest BCUT2D eigenvalue weighted by Gasteiger charge is -2.54. The maximum Gasteiger partial charge on any atom is 0.309 e. The van der Waals surface area contributed by atoms with Gasteiger partial charge in [-0.1, -0.05) is 39.8 Å². The molecule has 3 saturated heterocycles. The quantitative estimate of drug-likeness (QED) is 0.218. The van der Waals surface area contributed by atoms with Gasteiger partial charge in [0.05, 0.1) is 30.8 Å². The number of carbonyl (C=O) groups is 1. The van der Waals surface area contributed by atoms with Gasteiger partial charge in [0.1, 0.15) is 36.1 Å². The molecule has 0 amide bonds. The Balaban J connectivity index is 1.07. The van der Waals surface area contributed by atoms with Gasteiger partial charge in [-0.3, -0.25) is 4.79 Å². The molecule has 4 aliphatic carbocycles. The highest BCUT2D eigenvalue weighted by Crippen LogP contribution is 2.66. The Morgan fingerprint density at radius 2 is 1.78 bits per heavy atom. The number of aliphatic hydroxyl groups excluding tert-OH is 5. The van der Waals surface area contributed by atoms with Gasteiger partial charge in [-0.05, 0) is 85.2 Å². The van der Waals surface area contributed by atoms with Crippen LogP contribution in [0.2, 0.25) is 0 Å². The van der Waals surface area contributed by atoms with Crippen molar-refractivity contribution < 1.29 is 49.3 Å². The van der Waals surface area contributed by atoms with Gasteiger partial charge in [0.15, 0.2) is 6.29 Å². The van der Waals surface area contributed by atoms with Crippen LogP contribution in [0.25, 0.3) is 0 Å². The number of aliphatic hydroxyl groups is 5. The van der Waals surface area contributed by atoms with Crippen molar-refractivity contribution in [3.8, 4) is 0 Å². The van der Waals surface area contributed by atoms with E-state index in [1.165, 1.54) is 11.1 Å². The second-order valence-corrected chi connectivity index (χ2v) is 16.0. The van der Waals surface area contributed by atoms with Crippen molar-refractivity contribution in [3.05, 3.63) is 23.3 Å². The van der Waals surface area contributed by atoms with Crippen molar-refractivity contribution >= 4 is 5.97 Å². The SMILES string of the molecule is CC(C)[C@@]1([C@@H]2C[C@H]([C@H]3[C@@H](O)C[C@H]4C5=CC[C@H]6C[C@@H](O[C@@H]7O[C@H](CO)[C@@H](O)[C@H](O)[C@H]7O)CC[C@]6(C)C5=CC[C@]34C)C(=O)O2)O[C@H]1C. The van der Waals surface area contributed by atoms with E-state index < -0.39 is 49.0 Å². The smallest absolute Gasteiger partial charge is 0.309 e. The molecule has 10 heteroatoms. The third-order valence-corrected chi connectivity index (χ3v) is 13.6. The van der Waals surface area contributed by atoms with Crippen molar-refractivity contribution in [2.24, 2.45) is 40.4 Å². The largest absolute Gasteiger partial charge is 0.459 e. The number of esters is 1. The third-order valence-electron chi connectivity index (χ3n) is 13.6. The van der Waals surface area contributed by atoms with Gasteiger partial charge in [-0.25, -0.2) is 0 Å². The van der Waals surface area contributed by atoms with E-state index in [4.69, 9.17) is 18.9 Å². The van der Waals surface area contributed by atoms with Crippen molar-refractivity contribution in [2.45, 2.75) is 140 Å². The predicted octanol–water partition coefficient (Wildman–Crippen LogP) is 2.39. The number of allylic oxidation sites excluding steroid dienone is 4. The summed E-state index contributed by atoms with van der Waals surface area (Å²) >= 11 is 0. The molecule has 0 aromatic rings. The summed E-state index contributed by atoms with van der Waals surface area (Å²) in [6, 6.07) is 0. The Kier molecular flexibility index (Phi) is 7.93. The molecule has 0 radical (unpaired) electrons. The van der Waals surface area contributed by atoms with Crippen molar-refractivity contribution in [1.82, 2.24) is 0 Å². The zero-order valence-corrected chi connectivity index (χ0v) is 27.2. The molecule has 16 atom stereocenters. The van der Waals surface area contributed by atoms with Crippen LogP contribution in [0, 0.1) is 40.4 Å². The van der Waals surface area contributed by atoms with E-state index in [0.29, 0.717) is 18.8 Å². The number of ether oxygens (including phenoxy) is 4. The molecule has 2 saturated carbocycles. The van der Waals surface area contributed by atoms with E-state index in [-0.39, 0.29) is 58.8 Å². The molecule has 7 rings (SSSR count). The summed E-state index contributed by atoms with van der Waals surface area (Å²) in [5, 5.41) is 52.1. The van der Waals surface area contributed by atoms with Crippen molar-refractivity contribution in [2.75, 3.05) is 6.61 Å². The minimum Gasteiger partial charge on any atom is -0.459 e. The average molecular weight is 633 g/mol. The van der Waals surface area contributed by atoms with Gasteiger partial charge in [-0.2, -0.15) is 0 Å². The van der Waals surface area contributed by atoms with Gasteiger partial charge in [0, 0.05) is 12.3 Å². The fourth-order valence-corrected chi connectivity index (χ4v) is 10.9. The van der Waals surface area contributed by atoms with Crippen LogP contribution in [0.4, 0.5) is 0 Å². The lowest BCUT2D eigenvalue weighted by molar-refractivity contribution is -0.314. The van der Waals surface area contributed by atoms with E-state index in [1.54, 1.807) is 0 Å². The average Bonchev–Trinajstić information content (AvgIpc) is 3.44. The number of epoxide rings is 1. The molecule has 0 bridgehead atoms. The van der Waals surface area contributed by atoms with E-state index in [1.807, 2.05) is 0 Å². The first-order chi connectivity index (χ1) is 21.3. The molecule has 7 aliphatic rings. The molecule has 45 heavy (non-hydrogen) atoms. The van der Waals surface area contributed by atoms with Gasteiger partial charge >= 0.3 is 5.97 Å². The predicted molar refractivity (Wildman–Crippen MR) is 161 cm³/mol. The maximum atomic E-state index is 13.4. The zero-order chi connectivity index (χ0) is 32.2. The topological polar surface area (TPSA) is 158 Å². The second kappa shape index (κ2) is 11.1. The number of hydrogen-bond donors (Lipinski definition) is 5. The van der Waals surface area contributed by atoms with Crippen LogP contribution in [0.5, 0.6) is 0 Å². The number of rotatable bonds is 6. The molecule has 10 nitrogen and oxygen atoms in total. The number of cyclic esters (lactones) is 1. The zero-order valence-electron chi connectivity index (χ0n) is 27.2. The first kappa shape index (κ1) is 32.2. The standard InChI is InChI=1S/C35H52O10/c1-16(2)35(17(3)45-35)26-13-21(31(41)44-26)27-24(37)14-23-20-7-6-18-12-19(8-10-33(18,4)22(20)9-11-34(23,27)5)42-32-30(40)29(39)28(38)25(15-36)43-32/h7,9,16-19,21,23-30,32,36-40H,6,8,10-15H2,1-5H3/t17-,18-,19-,21+,23-,24-,25+,26-,27-,28+,29-,30+,32+,33-,34-,35+/m0/s1. The van der Waals surface area contributed by atoms with Gasteiger partial charge in [0.25, 0.3) is 0 Å². The summed E-state index contributed by atoms with van der Waals surface area (Å²) in [5.41, 5.74) is 1.96. The Bertz CT molecular complexity index is 1250. The molecule has 5 fully saturated rings. The van der Waals surface area contributed by atoms with Crippen LogP contribution in [-0.2, 0) is 23.7 Å². The summed E-state index contributed by atoms with van der Waals surface area (Å²) in [4.78, 5) is 13.4. The monoisotopic (exact) mass is 632 g/mol. The highest BCUT2D eigenvalue weighted by Gasteiger charge is 2.68. The second-order valence-electron chi connectivity index (χ2n) is 16.0. The van der Waals surface area contributed by atoms with Crippen LogP contribution >= 0.6 is 0 Å². The summed E-state index contributed by atoms with van der Waals surface area (Å²) in [6.45, 7) is 10.4. The molecule has 0 unspecified atom stereocenters. The van der Waals surface area contributed by atoms with Crippen LogP contribution in [0.15, 0.2) is 23.3 Å². The molecule has 3 aliphatic heterocycles. The highest BCUT2D eigenvalue weighted by molar-refractivity contribution is 5.76. The fraction of sp³-hybridized carbons (Fsp3) is 0.857. The first-order valence-electron chi connectivity index (χ1n) is 17.2. The van der Waals surface area contributed by atoms with Crippen LogP contribution in [0.1, 0.15) is 79.6 Å². The minimum absolute atomic E-state index is 0.0600. The first-order valence-corrected chi connectivity index (χ1v) is 17.2. The molecule has 3 heterocycles. The van der Waals surface area contributed by atoms with E-state index in [9.17, 15) is 30.3 Å². The molecule has 5 N–H and O–H groups in total. The summed E-state index contributed by atoms with van der Waals surface area (Å²) < 4.78 is 23.9. The fourth-order valence-electron chi connectivity index (χ4n) is 10.9. The molecule has 0 aromatic carbocycles. The lowest BCUT2D eigenvalue weighted by Crippen LogP contribution is -2.60. The van der Waals surface area contributed by atoms with Gasteiger partial charge in [0.2, 0.25) is 0 Å². The Hall–Kier alpha value is -1.37. The Morgan fingerprint density at radius 1 is 1.04 bits per heavy atom. The summed E-state index contributed by atoms with van der Waals surface area (Å²) in [7, 11) is 0. The molecular weight excluding hydrogens is 580 g/mol. The number of carbonyl (C=O) groups excluding carboxylic acids is 1. The number of fused-ring (bicyclic) bond motifs is 5. The molecular formula is C35H52O10. The normalized spacial score (nSPS) is 54.1. The maximum absolute atomic E-state index is 13.4. The molecule has 0 spiro atoms. The van der Waals surface area contributed by atoms with Crippen LogP contribution in [-0.4, -0.2) is 98.8 Å². The van der Waals surface area contributed by atoms with Crippen LogP contribution in [0.3, 0.4) is 0 Å². The highest BCUT2D eigenvalue weighted by atomic mass is 16.7. The van der Waals surface area contributed by atoms with Crippen molar-refractivity contribution in [1.29, 1.82) is 0 Å². The van der Waals surface area contributed by atoms with Gasteiger partial charge in [-0.15, -0.1) is 0 Å². The van der Waals surface area contributed by atoms with E-state index >= 15 is 0 Å². The lowest BCUT2D eigenvalue weighted by atomic mass is 9.51.